The molecule has 3 aromatic rings. The summed E-state index contributed by atoms with van der Waals surface area (Å²) in [5.74, 6) is -1.40. The van der Waals surface area contributed by atoms with Crippen LogP contribution in [0.3, 0.4) is 0 Å². The summed E-state index contributed by atoms with van der Waals surface area (Å²) in [4.78, 5) is 27.9. The Morgan fingerprint density at radius 1 is 1.00 bits per heavy atom. The number of carbonyl (C=O) groups excluding carboxylic acids is 2. The quantitative estimate of drug-likeness (QED) is 0.693. The average molecular weight is 335 g/mol. The Labute approximate surface area is 144 Å². The highest BCUT2D eigenvalue weighted by molar-refractivity contribution is 6.39. The third kappa shape index (κ3) is 4.74. The summed E-state index contributed by atoms with van der Waals surface area (Å²) in [7, 11) is 0. The van der Waals surface area contributed by atoms with Crippen LogP contribution in [0.15, 0.2) is 67.3 Å². The maximum Gasteiger partial charge on any atom is 0.313 e. The number of hydrogen-bond acceptors (Lipinski definition) is 4. The summed E-state index contributed by atoms with van der Waals surface area (Å²) >= 11 is 0. The largest absolute Gasteiger partial charge is 0.344 e. The summed E-state index contributed by atoms with van der Waals surface area (Å²) in [5, 5.41) is 9.31. The van der Waals surface area contributed by atoms with E-state index in [4.69, 9.17) is 0 Å². The first kappa shape index (κ1) is 16.4. The maximum atomic E-state index is 12.0. The van der Waals surface area contributed by atoms with Gasteiger partial charge in [-0.25, -0.2) is 0 Å². The van der Waals surface area contributed by atoms with Crippen LogP contribution in [0.1, 0.15) is 11.1 Å². The van der Waals surface area contributed by atoms with E-state index in [2.05, 4.69) is 20.7 Å². The summed E-state index contributed by atoms with van der Waals surface area (Å²) in [6, 6.07) is 12.7. The number of anilines is 1. The Morgan fingerprint density at radius 2 is 1.88 bits per heavy atom. The molecule has 126 valence electrons. The van der Waals surface area contributed by atoms with E-state index in [9.17, 15) is 9.59 Å². The average Bonchev–Trinajstić information content (AvgIpc) is 3.14. The number of benzene rings is 1. The zero-order chi connectivity index (χ0) is 17.5. The van der Waals surface area contributed by atoms with Gasteiger partial charge >= 0.3 is 11.8 Å². The molecule has 7 heteroatoms. The molecular weight excluding hydrogens is 318 g/mol. The molecule has 0 aliphatic heterocycles. The Kier molecular flexibility index (Phi) is 5.16. The van der Waals surface area contributed by atoms with Crippen molar-refractivity contribution in [2.24, 2.45) is 0 Å². The Morgan fingerprint density at radius 3 is 2.64 bits per heavy atom. The van der Waals surface area contributed by atoms with Crippen molar-refractivity contribution in [2.75, 3.05) is 5.32 Å². The predicted octanol–water partition coefficient (Wildman–Crippen LogP) is 1.58. The van der Waals surface area contributed by atoms with Crippen LogP contribution in [0.2, 0.25) is 0 Å². The highest BCUT2D eigenvalue weighted by Crippen LogP contribution is 2.11. The van der Waals surface area contributed by atoms with Crippen LogP contribution in [-0.2, 0) is 22.7 Å². The van der Waals surface area contributed by atoms with Gasteiger partial charge in [-0.3, -0.25) is 19.3 Å². The van der Waals surface area contributed by atoms with E-state index in [0.29, 0.717) is 12.2 Å². The molecule has 0 bridgehead atoms. The van der Waals surface area contributed by atoms with Gasteiger partial charge in [0.15, 0.2) is 0 Å². The Balaban J connectivity index is 1.56. The van der Waals surface area contributed by atoms with Crippen molar-refractivity contribution >= 4 is 17.5 Å². The topological polar surface area (TPSA) is 88.9 Å². The van der Waals surface area contributed by atoms with Crippen molar-refractivity contribution in [3.63, 3.8) is 0 Å². The third-order valence-corrected chi connectivity index (χ3v) is 3.47. The van der Waals surface area contributed by atoms with Crippen LogP contribution < -0.4 is 10.6 Å². The molecule has 2 amide bonds. The molecule has 0 saturated heterocycles. The smallest absolute Gasteiger partial charge is 0.313 e. The maximum absolute atomic E-state index is 12.0. The molecule has 0 spiro atoms. The van der Waals surface area contributed by atoms with Gasteiger partial charge < -0.3 is 10.6 Å². The fraction of sp³-hybridized carbons (Fsp3) is 0.111. The van der Waals surface area contributed by atoms with E-state index in [0.717, 1.165) is 11.1 Å². The van der Waals surface area contributed by atoms with E-state index < -0.39 is 11.8 Å². The fourth-order valence-electron chi connectivity index (χ4n) is 2.28. The number of pyridine rings is 1. The zero-order valence-electron chi connectivity index (χ0n) is 13.4. The number of nitrogens with zero attached hydrogens (tertiary/aromatic N) is 3. The molecule has 2 aromatic heterocycles. The highest BCUT2D eigenvalue weighted by Gasteiger charge is 2.13. The highest BCUT2D eigenvalue weighted by atomic mass is 16.2. The number of aromatic nitrogens is 3. The molecule has 1 aromatic carbocycles. The zero-order valence-corrected chi connectivity index (χ0v) is 13.4. The van der Waals surface area contributed by atoms with Gasteiger partial charge in [0.2, 0.25) is 0 Å². The standard InChI is InChI=1S/C18H17N5O2/c24-17(20-12-15-5-2-7-19-11-15)18(25)22-16-6-1-4-14(10-16)13-23-9-3-8-21-23/h1-11H,12-13H2,(H,20,24)(H,22,25). The molecular formula is C18H17N5O2. The van der Waals surface area contributed by atoms with Crippen LogP contribution in [0.4, 0.5) is 5.69 Å². The number of nitrogens with one attached hydrogen (secondary N) is 2. The van der Waals surface area contributed by atoms with Gasteiger partial charge in [-0.05, 0) is 35.4 Å². The van der Waals surface area contributed by atoms with E-state index in [1.54, 1.807) is 35.4 Å². The van der Waals surface area contributed by atoms with Gasteiger partial charge in [0.1, 0.15) is 0 Å². The lowest BCUT2D eigenvalue weighted by atomic mass is 10.2. The summed E-state index contributed by atoms with van der Waals surface area (Å²) in [6.45, 7) is 0.837. The van der Waals surface area contributed by atoms with Crippen LogP contribution in [0.5, 0.6) is 0 Å². The molecule has 0 radical (unpaired) electrons. The first-order valence-corrected chi connectivity index (χ1v) is 7.75. The summed E-state index contributed by atoms with van der Waals surface area (Å²) in [5.41, 5.74) is 2.35. The lowest BCUT2D eigenvalue weighted by Gasteiger charge is -2.08. The number of rotatable bonds is 5. The molecule has 2 heterocycles. The molecule has 25 heavy (non-hydrogen) atoms. The van der Waals surface area contributed by atoms with Crippen molar-refractivity contribution in [3.8, 4) is 0 Å². The first-order chi connectivity index (χ1) is 12.2. The summed E-state index contributed by atoms with van der Waals surface area (Å²) < 4.78 is 1.78. The van der Waals surface area contributed by atoms with E-state index in [1.165, 1.54) is 0 Å². The minimum Gasteiger partial charge on any atom is -0.344 e. The van der Waals surface area contributed by atoms with Crippen LogP contribution in [-0.4, -0.2) is 26.6 Å². The minimum absolute atomic E-state index is 0.249. The lowest BCUT2D eigenvalue weighted by Crippen LogP contribution is -2.35. The second-order valence-corrected chi connectivity index (χ2v) is 5.40. The van der Waals surface area contributed by atoms with Gasteiger partial charge in [-0.15, -0.1) is 0 Å². The van der Waals surface area contributed by atoms with E-state index >= 15 is 0 Å². The van der Waals surface area contributed by atoms with Gasteiger partial charge in [0.05, 0.1) is 6.54 Å². The second kappa shape index (κ2) is 7.87. The molecule has 0 unspecified atom stereocenters. The molecule has 3 rings (SSSR count). The van der Waals surface area contributed by atoms with Crippen LogP contribution >= 0.6 is 0 Å². The Hall–Kier alpha value is -3.48. The molecule has 2 N–H and O–H groups in total. The third-order valence-electron chi connectivity index (χ3n) is 3.47. The van der Waals surface area contributed by atoms with Crippen molar-refractivity contribution in [3.05, 3.63) is 78.4 Å². The molecule has 0 saturated carbocycles. The first-order valence-electron chi connectivity index (χ1n) is 7.75. The van der Waals surface area contributed by atoms with Gasteiger partial charge in [-0.2, -0.15) is 5.10 Å². The predicted molar refractivity (Wildman–Crippen MR) is 92.5 cm³/mol. The number of hydrogen-bond donors (Lipinski definition) is 2. The van der Waals surface area contributed by atoms with Gasteiger partial charge in [0.25, 0.3) is 0 Å². The van der Waals surface area contributed by atoms with Crippen molar-refractivity contribution < 1.29 is 9.59 Å². The molecule has 0 atom stereocenters. The summed E-state index contributed by atoms with van der Waals surface area (Å²) in [6.07, 6.45) is 6.85. The normalized spacial score (nSPS) is 10.2. The van der Waals surface area contributed by atoms with Crippen molar-refractivity contribution in [1.82, 2.24) is 20.1 Å². The monoisotopic (exact) mass is 335 g/mol. The molecule has 0 aliphatic carbocycles. The van der Waals surface area contributed by atoms with Crippen LogP contribution in [0.25, 0.3) is 0 Å². The van der Waals surface area contributed by atoms with E-state index in [-0.39, 0.29) is 6.54 Å². The van der Waals surface area contributed by atoms with Gasteiger partial charge in [-0.1, -0.05) is 18.2 Å². The van der Waals surface area contributed by atoms with Crippen LogP contribution in [0, 0.1) is 0 Å². The SMILES string of the molecule is O=C(NCc1cccnc1)C(=O)Nc1cccc(Cn2cccn2)c1. The molecule has 0 aliphatic rings. The van der Waals surface area contributed by atoms with Gasteiger partial charge in [0, 0.05) is 37.0 Å². The fourth-order valence-corrected chi connectivity index (χ4v) is 2.28. The molecule has 7 nitrogen and oxygen atoms in total. The number of carbonyl (C=O) groups is 2. The molecule has 0 fully saturated rings. The number of amides is 2. The minimum atomic E-state index is -0.708. The van der Waals surface area contributed by atoms with Crippen molar-refractivity contribution in [2.45, 2.75) is 13.1 Å². The van der Waals surface area contributed by atoms with E-state index in [1.807, 2.05) is 36.5 Å². The van der Waals surface area contributed by atoms with Crippen molar-refractivity contribution in [1.29, 1.82) is 0 Å². The second-order valence-electron chi connectivity index (χ2n) is 5.40. The Bertz CT molecular complexity index is 847. The lowest BCUT2D eigenvalue weighted by molar-refractivity contribution is -0.136.